The number of carbonyl (C=O) groups excluding carboxylic acids is 3. The number of benzene rings is 3. The average molecular weight is 525 g/mol. The zero-order valence-corrected chi connectivity index (χ0v) is 22.2. The summed E-state index contributed by atoms with van der Waals surface area (Å²) >= 11 is 0. The van der Waals surface area contributed by atoms with E-state index in [-0.39, 0.29) is 26.9 Å². The van der Waals surface area contributed by atoms with Crippen LogP contribution in [0.4, 0.5) is 0 Å². The molecule has 2 atom stereocenters. The van der Waals surface area contributed by atoms with E-state index in [0.717, 1.165) is 27.1 Å². The Bertz CT molecular complexity index is 1230. The minimum Gasteiger partial charge on any atom is -0.469 e. The number of esters is 3. The Labute approximate surface area is 225 Å². The molecular formula is C31H40O7. The van der Waals surface area contributed by atoms with Crippen molar-refractivity contribution < 1.29 is 33.7 Å². The highest BCUT2D eigenvalue weighted by molar-refractivity contribution is 6.02. The Morgan fingerprint density at radius 3 is 1.95 bits per heavy atom. The van der Waals surface area contributed by atoms with Crippen LogP contribution in [-0.2, 0) is 35.2 Å². The maximum Gasteiger partial charge on any atom is 0.311 e. The van der Waals surface area contributed by atoms with E-state index >= 15 is 0 Å². The van der Waals surface area contributed by atoms with Gasteiger partial charge in [-0.25, -0.2) is 0 Å². The summed E-state index contributed by atoms with van der Waals surface area (Å²) < 4.78 is 15.7. The third kappa shape index (κ3) is 6.70. The second-order valence-electron chi connectivity index (χ2n) is 10.4. The number of hydrogen-bond donors (Lipinski definition) is 1. The lowest BCUT2D eigenvalue weighted by Crippen LogP contribution is -2.41. The molecule has 3 aromatic rings. The van der Waals surface area contributed by atoms with Crippen LogP contribution in [0.5, 0.6) is 0 Å². The first-order valence-electron chi connectivity index (χ1n) is 12.5. The number of fused-ring (bicyclic) bond motifs is 2. The summed E-state index contributed by atoms with van der Waals surface area (Å²) in [5.74, 6) is -2.21. The highest BCUT2D eigenvalue weighted by Crippen LogP contribution is 2.42. The Hall–Kier alpha value is -3.45. The summed E-state index contributed by atoms with van der Waals surface area (Å²) in [5, 5.41) is 13.1. The van der Waals surface area contributed by atoms with Gasteiger partial charge >= 0.3 is 17.9 Å². The number of aliphatic hydroxyl groups is 1. The fourth-order valence-corrected chi connectivity index (χ4v) is 5.24. The van der Waals surface area contributed by atoms with Gasteiger partial charge in [0, 0.05) is 5.56 Å². The standard InChI is InChI=1S/C30H36O7.CH4/c1-6-20(26(32)37-19-31)16-30(4,28(34)35-5)18-29(2,3)27(33)36-17-25-23-13-9-7-11-21(23)15-22-12-8-10-14-24(22)25;/h7-15,20,31H,6,16-19H2,1-5H3;1H4. The van der Waals surface area contributed by atoms with Crippen LogP contribution in [0.3, 0.4) is 0 Å². The van der Waals surface area contributed by atoms with Crippen molar-refractivity contribution in [3.8, 4) is 0 Å². The maximum atomic E-state index is 13.4. The molecule has 3 aromatic carbocycles. The van der Waals surface area contributed by atoms with Crippen molar-refractivity contribution in [2.45, 2.75) is 61.0 Å². The molecule has 2 unspecified atom stereocenters. The van der Waals surface area contributed by atoms with Crippen molar-refractivity contribution in [3.05, 3.63) is 60.2 Å². The maximum absolute atomic E-state index is 13.4. The lowest BCUT2D eigenvalue weighted by Gasteiger charge is -2.35. The van der Waals surface area contributed by atoms with Crippen molar-refractivity contribution in [2.75, 3.05) is 13.9 Å². The Morgan fingerprint density at radius 2 is 1.45 bits per heavy atom. The van der Waals surface area contributed by atoms with Gasteiger partial charge in [0.25, 0.3) is 0 Å². The predicted octanol–water partition coefficient (Wildman–Crippen LogP) is 6.18. The lowest BCUT2D eigenvalue weighted by atomic mass is 9.69. The van der Waals surface area contributed by atoms with E-state index in [0.29, 0.717) is 6.42 Å². The molecule has 7 heteroatoms. The number of methoxy groups -OCH3 is 1. The van der Waals surface area contributed by atoms with E-state index in [1.165, 1.54) is 7.11 Å². The number of hydrogen-bond acceptors (Lipinski definition) is 7. The third-order valence-electron chi connectivity index (χ3n) is 7.02. The van der Waals surface area contributed by atoms with Gasteiger partial charge in [-0.05, 0) is 67.6 Å². The molecular weight excluding hydrogens is 484 g/mol. The van der Waals surface area contributed by atoms with Crippen LogP contribution < -0.4 is 0 Å². The highest BCUT2D eigenvalue weighted by Gasteiger charge is 2.46. The molecule has 0 aliphatic heterocycles. The molecule has 7 nitrogen and oxygen atoms in total. The second-order valence-corrected chi connectivity index (χ2v) is 10.4. The monoisotopic (exact) mass is 524 g/mol. The molecule has 0 bridgehead atoms. The van der Waals surface area contributed by atoms with E-state index in [9.17, 15) is 14.4 Å². The van der Waals surface area contributed by atoms with Crippen LogP contribution in [0, 0.1) is 16.7 Å². The van der Waals surface area contributed by atoms with Crippen LogP contribution in [0.15, 0.2) is 54.6 Å². The number of rotatable bonds is 11. The molecule has 0 amide bonds. The number of ether oxygens (including phenoxy) is 3. The first kappa shape index (κ1) is 30.8. The van der Waals surface area contributed by atoms with Crippen molar-refractivity contribution in [3.63, 3.8) is 0 Å². The summed E-state index contributed by atoms with van der Waals surface area (Å²) in [4.78, 5) is 38.6. The first-order valence-corrected chi connectivity index (χ1v) is 12.5. The van der Waals surface area contributed by atoms with Gasteiger partial charge in [-0.15, -0.1) is 0 Å². The van der Waals surface area contributed by atoms with Crippen molar-refractivity contribution in [1.82, 2.24) is 0 Å². The summed E-state index contributed by atoms with van der Waals surface area (Å²) in [7, 11) is 1.28. The molecule has 0 fully saturated rings. The molecule has 0 saturated carbocycles. The minimum absolute atomic E-state index is 0. The largest absolute Gasteiger partial charge is 0.469 e. The molecule has 38 heavy (non-hydrogen) atoms. The zero-order valence-electron chi connectivity index (χ0n) is 22.2. The van der Waals surface area contributed by atoms with Gasteiger partial charge in [-0.1, -0.05) is 62.9 Å². The Morgan fingerprint density at radius 1 is 0.895 bits per heavy atom. The van der Waals surface area contributed by atoms with Crippen LogP contribution in [-0.4, -0.2) is 36.9 Å². The fraction of sp³-hybridized carbons (Fsp3) is 0.452. The quantitative estimate of drug-likeness (QED) is 0.138. The van der Waals surface area contributed by atoms with Gasteiger partial charge in [0.1, 0.15) is 6.61 Å². The van der Waals surface area contributed by atoms with Gasteiger partial charge in [-0.2, -0.15) is 0 Å². The van der Waals surface area contributed by atoms with Crippen LogP contribution in [0.2, 0.25) is 0 Å². The lowest BCUT2D eigenvalue weighted by molar-refractivity contribution is -0.165. The van der Waals surface area contributed by atoms with Crippen LogP contribution >= 0.6 is 0 Å². The Kier molecular flexibility index (Phi) is 10.4. The minimum atomic E-state index is -1.15. The number of carbonyl (C=O) groups is 3. The first-order chi connectivity index (χ1) is 17.6. The zero-order chi connectivity index (χ0) is 27.2. The van der Waals surface area contributed by atoms with Gasteiger partial charge < -0.3 is 19.3 Å². The summed E-state index contributed by atoms with van der Waals surface area (Å²) in [6.45, 7) is 6.29. The van der Waals surface area contributed by atoms with E-state index in [4.69, 9.17) is 19.3 Å². The van der Waals surface area contributed by atoms with E-state index in [1.54, 1.807) is 27.7 Å². The summed E-state index contributed by atoms with van der Waals surface area (Å²) in [6.07, 6.45) is 0.620. The number of aliphatic hydroxyl groups excluding tert-OH is 1. The Balaban J connectivity index is 0.00000507. The topological polar surface area (TPSA) is 99.1 Å². The van der Waals surface area contributed by atoms with Gasteiger partial charge in [0.05, 0.1) is 23.9 Å². The predicted molar refractivity (Wildman–Crippen MR) is 148 cm³/mol. The molecule has 0 heterocycles. The van der Waals surface area contributed by atoms with E-state index < -0.39 is 41.4 Å². The second kappa shape index (κ2) is 12.9. The van der Waals surface area contributed by atoms with Gasteiger partial charge in [0.15, 0.2) is 6.79 Å². The molecule has 206 valence electrons. The smallest absolute Gasteiger partial charge is 0.311 e. The SMILES string of the molecule is C.CCC(CC(C)(CC(C)(C)C(=O)OCc1c2ccccc2cc2ccccc12)C(=O)OC)C(=O)OCO. The molecule has 1 N–H and O–H groups in total. The molecule has 0 aliphatic rings. The van der Waals surface area contributed by atoms with E-state index in [2.05, 4.69) is 6.07 Å². The molecule has 3 rings (SSSR count). The van der Waals surface area contributed by atoms with Crippen LogP contribution in [0.25, 0.3) is 21.5 Å². The molecule has 0 aromatic heterocycles. The summed E-state index contributed by atoms with van der Waals surface area (Å²) in [5.41, 5.74) is -1.28. The third-order valence-corrected chi connectivity index (χ3v) is 7.02. The van der Waals surface area contributed by atoms with Crippen LogP contribution in [0.1, 0.15) is 59.9 Å². The van der Waals surface area contributed by atoms with Gasteiger partial charge in [0.2, 0.25) is 0 Å². The normalized spacial score (nSPS) is 13.7. The van der Waals surface area contributed by atoms with Gasteiger partial charge in [-0.3, -0.25) is 14.4 Å². The summed E-state index contributed by atoms with van der Waals surface area (Å²) in [6, 6.07) is 18.1. The molecule has 0 saturated heterocycles. The average Bonchev–Trinajstić information content (AvgIpc) is 2.88. The molecule has 0 radical (unpaired) electrons. The van der Waals surface area contributed by atoms with E-state index in [1.807, 2.05) is 48.5 Å². The fourth-order valence-electron chi connectivity index (χ4n) is 5.24. The highest BCUT2D eigenvalue weighted by atomic mass is 16.6. The molecule has 0 aliphatic carbocycles. The van der Waals surface area contributed by atoms with Crippen molar-refractivity contribution >= 4 is 39.5 Å². The van der Waals surface area contributed by atoms with Crippen molar-refractivity contribution in [1.29, 1.82) is 0 Å². The molecule has 0 spiro atoms. The van der Waals surface area contributed by atoms with Crippen molar-refractivity contribution in [2.24, 2.45) is 16.7 Å².